The van der Waals surface area contributed by atoms with Gasteiger partial charge in [-0.05, 0) is 42.5 Å². The fraction of sp³-hybridized carbons (Fsp3) is 0.0588. The molecule has 3 aromatic rings. The number of pyridine rings is 1. The van der Waals surface area contributed by atoms with E-state index >= 15 is 0 Å². The number of hydrogen-bond donors (Lipinski definition) is 2. The molecule has 7 heteroatoms. The highest BCUT2D eigenvalue weighted by atomic mass is 35.5. The number of aromatic hydroxyl groups is 1. The van der Waals surface area contributed by atoms with Gasteiger partial charge in [-0.2, -0.15) is 0 Å². The molecule has 0 fully saturated rings. The van der Waals surface area contributed by atoms with Crippen molar-refractivity contribution >= 4 is 34.1 Å². The van der Waals surface area contributed by atoms with E-state index in [1.807, 2.05) is 0 Å². The highest BCUT2D eigenvalue weighted by Crippen LogP contribution is 2.29. The molecule has 0 radical (unpaired) electrons. The van der Waals surface area contributed by atoms with Crippen LogP contribution in [-0.4, -0.2) is 15.6 Å². The maximum absolute atomic E-state index is 12.9. The minimum absolute atomic E-state index is 0.286. The number of halogens is 2. The predicted octanol–water partition coefficient (Wildman–Crippen LogP) is 3.29. The molecule has 0 bridgehead atoms. The van der Waals surface area contributed by atoms with Gasteiger partial charge in [0.1, 0.15) is 17.1 Å². The Hall–Kier alpha value is -2.86. The zero-order valence-corrected chi connectivity index (χ0v) is 13.3. The monoisotopic (exact) mass is 346 g/mol. The van der Waals surface area contributed by atoms with Crippen molar-refractivity contribution in [3.63, 3.8) is 0 Å². The number of aryl methyl sites for hydroxylation is 1. The van der Waals surface area contributed by atoms with Crippen molar-refractivity contribution in [2.75, 3.05) is 5.32 Å². The van der Waals surface area contributed by atoms with Crippen LogP contribution in [0.3, 0.4) is 0 Å². The van der Waals surface area contributed by atoms with Gasteiger partial charge in [0.2, 0.25) is 0 Å². The van der Waals surface area contributed by atoms with E-state index in [4.69, 9.17) is 11.6 Å². The Labute approximate surface area is 140 Å². The summed E-state index contributed by atoms with van der Waals surface area (Å²) in [5, 5.41) is 13.5. The van der Waals surface area contributed by atoms with E-state index in [0.717, 1.165) is 0 Å². The van der Waals surface area contributed by atoms with Crippen molar-refractivity contribution in [1.82, 2.24) is 4.57 Å². The fourth-order valence-electron chi connectivity index (χ4n) is 2.43. The van der Waals surface area contributed by atoms with Gasteiger partial charge in [0.25, 0.3) is 11.5 Å². The number of anilines is 1. The number of carbonyl (C=O) groups is 1. The van der Waals surface area contributed by atoms with E-state index in [1.165, 1.54) is 41.9 Å². The first-order valence-corrected chi connectivity index (χ1v) is 7.34. The molecule has 1 aromatic heterocycles. The Bertz CT molecular complexity index is 1010. The Kier molecular flexibility index (Phi) is 3.99. The van der Waals surface area contributed by atoms with Crippen LogP contribution in [0.2, 0.25) is 5.02 Å². The summed E-state index contributed by atoms with van der Waals surface area (Å²) in [6.07, 6.45) is 0. The number of hydrogen-bond acceptors (Lipinski definition) is 3. The third-order valence-corrected chi connectivity index (χ3v) is 3.89. The third-order valence-electron chi connectivity index (χ3n) is 3.66. The number of aromatic nitrogens is 1. The van der Waals surface area contributed by atoms with E-state index < -0.39 is 28.6 Å². The standard InChI is InChI=1S/C17H12ClFN2O3/c1-21-13-7-2-9(18)8-12(13)15(22)14(17(21)24)16(23)20-11-5-3-10(19)4-6-11/h2-8,22H,1H3,(H,20,23). The highest BCUT2D eigenvalue weighted by molar-refractivity contribution is 6.31. The SMILES string of the molecule is Cn1c(=O)c(C(=O)Nc2ccc(F)cc2)c(O)c2cc(Cl)ccc21. The number of rotatable bonds is 2. The zero-order valence-electron chi connectivity index (χ0n) is 12.5. The van der Waals surface area contributed by atoms with Crippen molar-refractivity contribution in [1.29, 1.82) is 0 Å². The average molecular weight is 347 g/mol. The van der Waals surface area contributed by atoms with E-state index in [1.54, 1.807) is 12.1 Å². The van der Waals surface area contributed by atoms with Crippen molar-refractivity contribution in [2.24, 2.45) is 7.05 Å². The number of nitrogens with one attached hydrogen (secondary N) is 1. The van der Waals surface area contributed by atoms with E-state index in [2.05, 4.69) is 5.32 Å². The lowest BCUT2D eigenvalue weighted by atomic mass is 10.1. The van der Waals surface area contributed by atoms with Crippen LogP contribution in [0.5, 0.6) is 5.75 Å². The first-order valence-electron chi connectivity index (χ1n) is 6.96. The number of nitrogens with zero attached hydrogens (tertiary/aromatic N) is 1. The molecule has 24 heavy (non-hydrogen) atoms. The van der Waals surface area contributed by atoms with Crippen molar-refractivity contribution < 1.29 is 14.3 Å². The summed E-state index contributed by atoms with van der Waals surface area (Å²) >= 11 is 5.92. The lowest BCUT2D eigenvalue weighted by Crippen LogP contribution is -2.28. The number of amides is 1. The smallest absolute Gasteiger partial charge is 0.267 e. The van der Waals surface area contributed by atoms with E-state index in [0.29, 0.717) is 16.2 Å². The third kappa shape index (κ3) is 2.72. The summed E-state index contributed by atoms with van der Waals surface area (Å²) in [6, 6.07) is 9.70. The molecule has 2 aromatic carbocycles. The zero-order chi connectivity index (χ0) is 17.4. The molecule has 0 atom stereocenters. The molecule has 2 N–H and O–H groups in total. The molecule has 3 rings (SSSR count). The summed E-state index contributed by atoms with van der Waals surface area (Å²) in [7, 11) is 1.49. The molecular weight excluding hydrogens is 335 g/mol. The Morgan fingerprint density at radius 3 is 2.54 bits per heavy atom. The number of carbonyl (C=O) groups excluding carboxylic acids is 1. The van der Waals surface area contributed by atoms with Crippen molar-refractivity contribution in [3.05, 3.63) is 69.2 Å². The molecule has 0 aliphatic carbocycles. The van der Waals surface area contributed by atoms with Crippen molar-refractivity contribution in [2.45, 2.75) is 0 Å². The Balaban J connectivity index is 2.13. The molecule has 0 saturated carbocycles. The molecule has 0 unspecified atom stereocenters. The van der Waals surface area contributed by atoms with Crippen molar-refractivity contribution in [3.8, 4) is 5.75 Å². The Morgan fingerprint density at radius 2 is 1.88 bits per heavy atom. The second-order valence-corrected chi connectivity index (χ2v) is 5.65. The van der Waals surface area contributed by atoms with Crippen LogP contribution in [0.25, 0.3) is 10.9 Å². The number of benzene rings is 2. The van der Waals surface area contributed by atoms with Gasteiger partial charge in [-0.3, -0.25) is 9.59 Å². The average Bonchev–Trinajstić information content (AvgIpc) is 2.55. The predicted molar refractivity (Wildman–Crippen MR) is 90.2 cm³/mol. The normalized spacial score (nSPS) is 10.8. The van der Waals surface area contributed by atoms with Gasteiger partial charge in [0.15, 0.2) is 0 Å². The van der Waals surface area contributed by atoms with Crippen LogP contribution in [0, 0.1) is 5.82 Å². The summed E-state index contributed by atoms with van der Waals surface area (Å²) in [5.41, 5.74) is -0.312. The lowest BCUT2D eigenvalue weighted by Gasteiger charge is -2.12. The minimum atomic E-state index is -0.790. The van der Waals surface area contributed by atoms with Gasteiger partial charge in [-0.25, -0.2) is 4.39 Å². The van der Waals surface area contributed by atoms with Gasteiger partial charge >= 0.3 is 0 Å². The van der Waals surface area contributed by atoms with Crippen LogP contribution in [0.4, 0.5) is 10.1 Å². The van der Waals surface area contributed by atoms with E-state index in [-0.39, 0.29) is 5.39 Å². The van der Waals surface area contributed by atoms with Crippen LogP contribution < -0.4 is 10.9 Å². The summed E-state index contributed by atoms with van der Waals surface area (Å²) < 4.78 is 14.2. The molecule has 5 nitrogen and oxygen atoms in total. The largest absolute Gasteiger partial charge is 0.506 e. The minimum Gasteiger partial charge on any atom is -0.506 e. The topological polar surface area (TPSA) is 71.3 Å². The quantitative estimate of drug-likeness (QED) is 0.748. The van der Waals surface area contributed by atoms with Gasteiger partial charge in [0, 0.05) is 23.1 Å². The first kappa shape index (κ1) is 16.0. The van der Waals surface area contributed by atoms with Gasteiger partial charge in [-0.1, -0.05) is 11.6 Å². The van der Waals surface area contributed by atoms with Crippen LogP contribution >= 0.6 is 11.6 Å². The molecule has 0 aliphatic rings. The highest BCUT2D eigenvalue weighted by Gasteiger charge is 2.21. The lowest BCUT2D eigenvalue weighted by molar-refractivity contribution is 0.102. The molecular formula is C17H12ClFN2O3. The van der Waals surface area contributed by atoms with Gasteiger partial charge in [0.05, 0.1) is 5.52 Å². The van der Waals surface area contributed by atoms with Crippen LogP contribution in [0.1, 0.15) is 10.4 Å². The molecule has 0 saturated heterocycles. The van der Waals surface area contributed by atoms with E-state index in [9.17, 15) is 19.1 Å². The first-order chi connectivity index (χ1) is 11.4. The summed E-state index contributed by atoms with van der Waals surface area (Å²) in [5.74, 6) is -1.69. The van der Waals surface area contributed by atoms with Gasteiger partial charge in [-0.15, -0.1) is 0 Å². The Morgan fingerprint density at radius 1 is 1.21 bits per heavy atom. The van der Waals surface area contributed by atoms with Crippen LogP contribution in [0.15, 0.2) is 47.3 Å². The maximum Gasteiger partial charge on any atom is 0.267 e. The summed E-state index contributed by atoms with van der Waals surface area (Å²) in [6.45, 7) is 0. The summed E-state index contributed by atoms with van der Waals surface area (Å²) in [4.78, 5) is 24.8. The second-order valence-electron chi connectivity index (χ2n) is 5.21. The molecule has 0 aliphatic heterocycles. The second kappa shape index (κ2) is 5.98. The number of fused-ring (bicyclic) bond motifs is 1. The van der Waals surface area contributed by atoms with Gasteiger partial charge < -0.3 is 15.0 Å². The maximum atomic E-state index is 12.9. The molecule has 0 spiro atoms. The molecule has 1 amide bonds. The fourth-order valence-corrected chi connectivity index (χ4v) is 2.61. The van der Waals surface area contributed by atoms with Crippen LogP contribution in [-0.2, 0) is 7.05 Å². The molecule has 122 valence electrons. The molecule has 1 heterocycles.